The fraction of sp³-hybridized carbons (Fsp3) is 0.0833. The molecule has 0 bridgehead atoms. The zero-order valence-electron chi connectivity index (χ0n) is 8.08. The maximum absolute atomic E-state index is 10.9. The fourth-order valence-corrected chi connectivity index (χ4v) is 2.36. The summed E-state index contributed by atoms with van der Waals surface area (Å²) in [5.74, 6) is 0. The first-order valence-corrected chi connectivity index (χ1v) is 6.13. The van der Waals surface area contributed by atoms with Crippen molar-refractivity contribution in [3.05, 3.63) is 47.5 Å². The Balaban J connectivity index is 2.84. The quantitative estimate of drug-likeness (QED) is 0.582. The lowest BCUT2D eigenvalue weighted by Crippen LogP contribution is -2.00. The van der Waals surface area contributed by atoms with Crippen molar-refractivity contribution in [3.8, 4) is 0 Å². The Morgan fingerprint density at radius 1 is 1.06 bits per heavy atom. The van der Waals surface area contributed by atoms with Gasteiger partial charge in [-0.15, -0.1) is 0 Å². The Labute approximate surface area is 111 Å². The largest absolute Gasteiger partial charge is 0.298 e. The second-order valence-corrected chi connectivity index (χ2v) is 6.79. The van der Waals surface area contributed by atoms with Crippen molar-refractivity contribution in [3.63, 3.8) is 0 Å². The van der Waals surface area contributed by atoms with Gasteiger partial charge < -0.3 is 0 Å². The molecule has 0 heterocycles. The number of carbonyl (C=O) groups is 1. The van der Waals surface area contributed by atoms with E-state index in [-0.39, 0.29) is 0 Å². The Hall–Kier alpha value is -0.570. The lowest BCUT2D eigenvalue weighted by Gasteiger charge is -2.15. The van der Waals surface area contributed by atoms with Crippen molar-refractivity contribution in [1.82, 2.24) is 0 Å². The van der Waals surface area contributed by atoms with E-state index in [1.54, 1.807) is 6.07 Å². The van der Waals surface area contributed by atoms with Crippen LogP contribution >= 0.6 is 39.1 Å². The molecule has 0 aliphatic carbocycles. The van der Waals surface area contributed by atoms with Crippen LogP contribution in [0.2, 0.25) is 0 Å². The van der Waals surface area contributed by atoms with Gasteiger partial charge in [0, 0.05) is 11.1 Å². The SMILES string of the molecule is O=Cc1cccc2c(C(Cl)(Cl)Br)cccc12. The van der Waals surface area contributed by atoms with Crippen LogP contribution in [0, 0.1) is 0 Å². The summed E-state index contributed by atoms with van der Waals surface area (Å²) in [5.41, 5.74) is 1.36. The molecule has 0 amide bonds. The van der Waals surface area contributed by atoms with E-state index in [1.165, 1.54) is 0 Å². The average Bonchev–Trinajstić information content (AvgIpc) is 2.26. The van der Waals surface area contributed by atoms with Crippen molar-refractivity contribution in [2.24, 2.45) is 0 Å². The van der Waals surface area contributed by atoms with Crippen LogP contribution in [0.25, 0.3) is 10.8 Å². The van der Waals surface area contributed by atoms with Crippen LogP contribution in [0.3, 0.4) is 0 Å². The topological polar surface area (TPSA) is 17.1 Å². The normalized spacial score (nSPS) is 11.7. The molecule has 2 rings (SSSR count). The monoisotopic (exact) mass is 316 g/mol. The van der Waals surface area contributed by atoms with Crippen molar-refractivity contribution in [1.29, 1.82) is 0 Å². The maximum atomic E-state index is 10.9. The van der Waals surface area contributed by atoms with E-state index in [0.717, 1.165) is 22.6 Å². The number of fused-ring (bicyclic) bond motifs is 1. The summed E-state index contributed by atoms with van der Waals surface area (Å²) in [7, 11) is 0. The Morgan fingerprint density at radius 2 is 1.69 bits per heavy atom. The summed E-state index contributed by atoms with van der Waals surface area (Å²) >= 11 is 15.3. The van der Waals surface area contributed by atoms with Gasteiger partial charge in [0.25, 0.3) is 0 Å². The van der Waals surface area contributed by atoms with E-state index < -0.39 is 3.24 Å². The second-order valence-electron chi connectivity index (χ2n) is 3.36. The number of halogens is 3. The molecule has 0 fully saturated rings. The molecule has 0 aromatic heterocycles. The lowest BCUT2D eigenvalue weighted by atomic mass is 10.0. The Bertz CT molecular complexity index is 546. The molecular weight excluding hydrogens is 311 g/mol. The van der Waals surface area contributed by atoms with E-state index in [4.69, 9.17) is 23.2 Å². The number of hydrogen-bond acceptors (Lipinski definition) is 1. The Kier molecular flexibility index (Phi) is 3.24. The van der Waals surface area contributed by atoms with Gasteiger partial charge in [0.1, 0.15) is 0 Å². The molecule has 2 aromatic rings. The first kappa shape index (κ1) is 11.9. The van der Waals surface area contributed by atoms with E-state index in [2.05, 4.69) is 15.9 Å². The molecule has 0 radical (unpaired) electrons. The van der Waals surface area contributed by atoms with Gasteiger partial charge in [-0.3, -0.25) is 4.79 Å². The minimum atomic E-state index is -1.14. The van der Waals surface area contributed by atoms with Gasteiger partial charge in [0.05, 0.1) is 0 Å². The number of alkyl halides is 3. The zero-order valence-corrected chi connectivity index (χ0v) is 11.2. The maximum Gasteiger partial charge on any atom is 0.197 e. The van der Waals surface area contributed by atoms with Crippen LogP contribution in [0.5, 0.6) is 0 Å². The molecule has 2 aromatic carbocycles. The third kappa shape index (κ3) is 2.10. The van der Waals surface area contributed by atoms with Gasteiger partial charge in [-0.2, -0.15) is 0 Å². The van der Waals surface area contributed by atoms with Gasteiger partial charge >= 0.3 is 0 Å². The van der Waals surface area contributed by atoms with E-state index in [0.29, 0.717) is 5.56 Å². The lowest BCUT2D eigenvalue weighted by molar-refractivity contribution is 0.112. The smallest absolute Gasteiger partial charge is 0.197 e. The van der Waals surface area contributed by atoms with Gasteiger partial charge in [-0.1, -0.05) is 59.6 Å². The van der Waals surface area contributed by atoms with Gasteiger partial charge in [-0.05, 0) is 26.7 Å². The van der Waals surface area contributed by atoms with Crippen LogP contribution in [0.1, 0.15) is 15.9 Å². The number of carbonyl (C=O) groups excluding carboxylic acids is 1. The van der Waals surface area contributed by atoms with Crippen molar-refractivity contribution < 1.29 is 4.79 Å². The second kappa shape index (κ2) is 4.36. The van der Waals surface area contributed by atoms with E-state index in [9.17, 15) is 4.79 Å². The predicted octanol–water partition coefficient (Wildman–Crippen LogP) is 4.64. The summed E-state index contributed by atoms with van der Waals surface area (Å²) in [6.45, 7) is 0. The summed E-state index contributed by atoms with van der Waals surface area (Å²) in [6.07, 6.45) is 0.824. The van der Waals surface area contributed by atoms with Crippen molar-refractivity contribution >= 4 is 56.2 Å². The summed E-state index contributed by atoms with van der Waals surface area (Å²) in [4.78, 5) is 10.9. The van der Waals surface area contributed by atoms with Crippen LogP contribution < -0.4 is 0 Å². The number of aldehydes is 1. The van der Waals surface area contributed by atoms with Gasteiger partial charge in [0.2, 0.25) is 0 Å². The molecule has 0 atom stereocenters. The molecular formula is C12H7BrCl2O. The molecule has 0 spiro atoms. The van der Waals surface area contributed by atoms with Gasteiger partial charge in [0.15, 0.2) is 9.53 Å². The number of rotatable bonds is 2. The van der Waals surface area contributed by atoms with Gasteiger partial charge in [-0.25, -0.2) is 0 Å². The molecule has 0 aliphatic rings. The highest BCUT2D eigenvalue weighted by Gasteiger charge is 2.24. The molecule has 82 valence electrons. The average molecular weight is 318 g/mol. The van der Waals surface area contributed by atoms with Crippen LogP contribution in [0.15, 0.2) is 36.4 Å². The molecule has 0 aliphatic heterocycles. The predicted molar refractivity (Wildman–Crippen MR) is 71.6 cm³/mol. The van der Waals surface area contributed by atoms with Crippen molar-refractivity contribution in [2.45, 2.75) is 3.24 Å². The standard InChI is InChI=1S/C12H7BrCl2O/c13-12(14,15)11-6-2-4-9-8(7-16)3-1-5-10(9)11/h1-7H. The molecule has 0 saturated heterocycles. The third-order valence-electron chi connectivity index (χ3n) is 2.39. The molecule has 4 heteroatoms. The first-order chi connectivity index (χ1) is 7.54. The van der Waals surface area contributed by atoms with Crippen LogP contribution in [-0.2, 0) is 3.24 Å². The van der Waals surface area contributed by atoms with E-state index in [1.807, 2.05) is 30.3 Å². The highest BCUT2D eigenvalue weighted by Crippen LogP contribution is 2.43. The van der Waals surface area contributed by atoms with E-state index >= 15 is 0 Å². The minimum Gasteiger partial charge on any atom is -0.298 e. The molecule has 0 N–H and O–H groups in total. The number of benzene rings is 2. The molecule has 0 saturated carbocycles. The fourth-order valence-electron chi connectivity index (χ4n) is 1.68. The summed E-state index contributed by atoms with van der Waals surface area (Å²) in [6, 6.07) is 11.0. The summed E-state index contributed by atoms with van der Waals surface area (Å²) in [5, 5.41) is 1.72. The minimum absolute atomic E-state index is 0.629. The zero-order chi connectivity index (χ0) is 11.8. The number of hydrogen-bond donors (Lipinski definition) is 0. The molecule has 1 nitrogen and oxygen atoms in total. The van der Waals surface area contributed by atoms with Crippen LogP contribution in [0.4, 0.5) is 0 Å². The third-order valence-corrected chi connectivity index (χ3v) is 3.22. The first-order valence-electron chi connectivity index (χ1n) is 4.58. The molecule has 16 heavy (non-hydrogen) atoms. The highest BCUT2D eigenvalue weighted by molar-refractivity contribution is 9.10. The van der Waals surface area contributed by atoms with Crippen molar-refractivity contribution in [2.75, 3.05) is 0 Å². The summed E-state index contributed by atoms with van der Waals surface area (Å²) < 4.78 is -1.14. The molecule has 0 unspecified atom stereocenters. The van der Waals surface area contributed by atoms with Crippen LogP contribution in [-0.4, -0.2) is 6.29 Å². The highest BCUT2D eigenvalue weighted by atomic mass is 79.9. The Morgan fingerprint density at radius 3 is 2.31 bits per heavy atom.